The molecule has 3 aromatic rings. The highest BCUT2D eigenvalue weighted by molar-refractivity contribution is 5.69. The van der Waals surface area contributed by atoms with E-state index in [0.29, 0.717) is 0 Å². The van der Waals surface area contributed by atoms with Crippen LogP contribution in [0.15, 0.2) is 97.1 Å². The normalized spacial score (nSPS) is 11.8. The highest BCUT2D eigenvalue weighted by Crippen LogP contribution is 2.16. The van der Waals surface area contributed by atoms with E-state index in [9.17, 15) is 4.79 Å². The molecular weight excluding hydrogens is 322 g/mol. The molecule has 0 radical (unpaired) electrons. The van der Waals surface area contributed by atoms with Crippen molar-refractivity contribution in [2.75, 3.05) is 0 Å². The Bertz CT molecular complexity index is 830. The van der Waals surface area contributed by atoms with Crippen molar-refractivity contribution in [3.8, 4) is 0 Å². The molecule has 0 fully saturated rings. The zero-order chi connectivity index (χ0) is 18.0. The molecule has 0 aliphatic rings. The quantitative estimate of drug-likeness (QED) is 0.653. The molecule has 0 saturated heterocycles. The van der Waals surface area contributed by atoms with Gasteiger partial charge in [0.25, 0.3) is 0 Å². The second kappa shape index (κ2) is 9.23. The van der Waals surface area contributed by atoms with E-state index in [4.69, 9.17) is 4.74 Å². The van der Waals surface area contributed by atoms with E-state index >= 15 is 0 Å². The van der Waals surface area contributed by atoms with E-state index in [2.05, 4.69) is 5.32 Å². The van der Waals surface area contributed by atoms with Crippen LogP contribution >= 0.6 is 0 Å². The lowest BCUT2D eigenvalue weighted by Gasteiger charge is -2.16. The first-order valence-corrected chi connectivity index (χ1v) is 8.57. The standard InChI is InChI=1S/C23H21NO2/c25-23(26-18-20-12-6-2-7-13-20)24-22(21-14-8-3-9-15-21)17-16-19-10-4-1-5-11-19/h1-17,22H,18H2,(H,24,25)/b17-16-. The Morgan fingerprint density at radius 1 is 0.846 bits per heavy atom. The molecule has 0 saturated carbocycles. The van der Waals surface area contributed by atoms with Crippen molar-refractivity contribution in [1.29, 1.82) is 0 Å². The maximum absolute atomic E-state index is 12.2. The summed E-state index contributed by atoms with van der Waals surface area (Å²) in [6, 6.07) is 29.2. The Hall–Kier alpha value is -3.33. The fraction of sp³-hybridized carbons (Fsp3) is 0.0870. The SMILES string of the molecule is O=C(NC(/C=C\c1ccccc1)c1ccccc1)OCc1ccccc1. The molecule has 0 heterocycles. The minimum absolute atomic E-state index is 0.247. The van der Waals surface area contributed by atoms with Gasteiger partial charge in [-0.25, -0.2) is 4.79 Å². The van der Waals surface area contributed by atoms with Gasteiger partial charge in [0.1, 0.15) is 6.61 Å². The Kier molecular flexibility index (Phi) is 6.21. The van der Waals surface area contributed by atoms with Gasteiger partial charge in [-0.05, 0) is 16.7 Å². The number of ether oxygens (including phenoxy) is 1. The van der Waals surface area contributed by atoms with Gasteiger partial charge < -0.3 is 10.1 Å². The number of rotatable bonds is 6. The molecule has 1 unspecified atom stereocenters. The maximum atomic E-state index is 12.2. The largest absolute Gasteiger partial charge is 0.445 e. The van der Waals surface area contributed by atoms with Gasteiger partial charge in [0.15, 0.2) is 0 Å². The van der Waals surface area contributed by atoms with E-state index in [-0.39, 0.29) is 12.6 Å². The van der Waals surface area contributed by atoms with Crippen LogP contribution in [0.5, 0.6) is 0 Å². The zero-order valence-corrected chi connectivity index (χ0v) is 14.4. The first-order chi connectivity index (χ1) is 12.8. The van der Waals surface area contributed by atoms with Gasteiger partial charge in [-0.15, -0.1) is 0 Å². The summed E-state index contributed by atoms with van der Waals surface area (Å²) >= 11 is 0. The highest BCUT2D eigenvalue weighted by Gasteiger charge is 2.12. The summed E-state index contributed by atoms with van der Waals surface area (Å²) in [5.74, 6) is 0. The van der Waals surface area contributed by atoms with E-state index < -0.39 is 6.09 Å². The zero-order valence-electron chi connectivity index (χ0n) is 14.4. The van der Waals surface area contributed by atoms with Crippen LogP contribution in [0, 0.1) is 0 Å². The van der Waals surface area contributed by atoms with Crippen LogP contribution in [0.1, 0.15) is 22.7 Å². The lowest BCUT2D eigenvalue weighted by molar-refractivity contribution is 0.137. The van der Waals surface area contributed by atoms with Crippen molar-refractivity contribution in [1.82, 2.24) is 5.32 Å². The monoisotopic (exact) mass is 343 g/mol. The van der Waals surface area contributed by atoms with Gasteiger partial charge in [-0.2, -0.15) is 0 Å². The van der Waals surface area contributed by atoms with Gasteiger partial charge in [0, 0.05) is 0 Å². The molecule has 130 valence electrons. The van der Waals surface area contributed by atoms with E-state index in [1.165, 1.54) is 0 Å². The molecule has 0 aromatic heterocycles. The Morgan fingerprint density at radius 2 is 1.42 bits per heavy atom. The van der Waals surface area contributed by atoms with Gasteiger partial charge in [-0.1, -0.05) is 103 Å². The highest BCUT2D eigenvalue weighted by atomic mass is 16.5. The minimum atomic E-state index is -0.444. The number of hydrogen-bond donors (Lipinski definition) is 1. The molecule has 26 heavy (non-hydrogen) atoms. The predicted molar refractivity (Wildman–Crippen MR) is 104 cm³/mol. The van der Waals surface area contributed by atoms with Gasteiger partial charge >= 0.3 is 6.09 Å². The van der Waals surface area contributed by atoms with Gasteiger partial charge in [-0.3, -0.25) is 0 Å². The third kappa shape index (κ3) is 5.35. The van der Waals surface area contributed by atoms with E-state index in [1.54, 1.807) is 0 Å². The molecule has 3 heteroatoms. The smallest absolute Gasteiger partial charge is 0.408 e. The van der Waals surface area contributed by atoms with Crippen LogP contribution in [0.3, 0.4) is 0 Å². The molecule has 0 bridgehead atoms. The molecule has 1 atom stereocenters. The van der Waals surface area contributed by atoms with Crippen LogP contribution in [0.2, 0.25) is 0 Å². The molecule has 3 nitrogen and oxygen atoms in total. The summed E-state index contributed by atoms with van der Waals surface area (Å²) in [7, 11) is 0. The second-order valence-electron chi connectivity index (χ2n) is 5.86. The first kappa shape index (κ1) is 17.5. The number of amides is 1. The number of benzene rings is 3. The molecular formula is C23H21NO2. The van der Waals surface area contributed by atoms with Gasteiger partial charge in [0.2, 0.25) is 0 Å². The minimum Gasteiger partial charge on any atom is -0.445 e. The molecule has 1 amide bonds. The lowest BCUT2D eigenvalue weighted by atomic mass is 10.1. The summed E-state index contributed by atoms with van der Waals surface area (Å²) < 4.78 is 5.35. The summed E-state index contributed by atoms with van der Waals surface area (Å²) in [5.41, 5.74) is 3.03. The van der Waals surface area contributed by atoms with E-state index in [1.807, 2.05) is 103 Å². The van der Waals surface area contributed by atoms with Crippen molar-refractivity contribution >= 4 is 12.2 Å². The second-order valence-corrected chi connectivity index (χ2v) is 5.86. The van der Waals surface area contributed by atoms with Crippen LogP contribution in [0.25, 0.3) is 6.08 Å². The molecule has 0 aliphatic heterocycles. The van der Waals surface area contributed by atoms with Crippen molar-refractivity contribution < 1.29 is 9.53 Å². The van der Waals surface area contributed by atoms with Gasteiger partial charge in [0.05, 0.1) is 6.04 Å². The Morgan fingerprint density at radius 3 is 2.08 bits per heavy atom. The average molecular weight is 343 g/mol. The summed E-state index contributed by atoms with van der Waals surface area (Å²) in [5, 5.41) is 2.93. The number of nitrogens with one attached hydrogen (secondary N) is 1. The fourth-order valence-corrected chi connectivity index (χ4v) is 2.57. The number of alkyl carbamates (subject to hydrolysis) is 1. The molecule has 0 spiro atoms. The lowest BCUT2D eigenvalue weighted by Crippen LogP contribution is -2.28. The predicted octanol–water partition coefficient (Wildman–Crippen LogP) is 5.37. The Balaban J connectivity index is 1.67. The topological polar surface area (TPSA) is 38.3 Å². The van der Waals surface area contributed by atoms with Crippen molar-refractivity contribution in [2.24, 2.45) is 0 Å². The van der Waals surface area contributed by atoms with Crippen LogP contribution in [-0.2, 0) is 11.3 Å². The van der Waals surface area contributed by atoms with Crippen molar-refractivity contribution in [3.05, 3.63) is 114 Å². The van der Waals surface area contributed by atoms with E-state index in [0.717, 1.165) is 16.7 Å². The van der Waals surface area contributed by atoms with Crippen LogP contribution in [0.4, 0.5) is 4.79 Å². The van der Waals surface area contributed by atoms with Crippen LogP contribution < -0.4 is 5.32 Å². The molecule has 0 aliphatic carbocycles. The Labute approximate surface area is 154 Å². The summed E-state index contributed by atoms with van der Waals surface area (Å²) in [6.07, 6.45) is 3.52. The molecule has 3 aromatic carbocycles. The summed E-state index contributed by atoms with van der Waals surface area (Å²) in [6.45, 7) is 0.247. The number of carbonyl (C=O) groups excluding carboxylic acids is 1. The van der Waals surface area contributed by atoms with Crippen LogP contribution in [-0.4, -0.2) is 6.09 Å². The summed E-state index contributed by atoms with van der Waals surface area (Å²) in [4.78, 5) is 12.2. The first-order valence-electron chi connectivity index (χ1n) is 8.57. The number of carbonyl (C=O) groups is 1. The maximum Gasteiger partial charge on any atom is 0.408 e. The third-order valence-electron chi connectivity index (χ3n) is 3.93. The fourth-order valence-electron chi connectivity index (χ4n) is 2.57. The van der Waals surface area contributed by atoms with Crippen molar-refractivity contribution in [2.45, 2.75) is 12.6 Å². The third-order valence-corrected chi connectivity index (χ3v) is 3.93. The average Bonchev–Trinajstić information content (AvgIpc) is 2.72. The molecule has 3 rings (SSSR count). The molecule has 1 N–H and O–H groups in total. The van der Waals surface area contributed by atoms with Crippen molar-refractivity contribution in [3.63, 3.8) is 0 Å². The number of hydrogen-bond acceptors (Lipinski definition) is 2.